The van der Waals surface area contributed by atoms with E-state index >= 15 is 0 Å². The summed E-state index contributed by atoms with van der Waals surface area (Å²) in [6, 6.07) is 8.53. The molecule has 2 aromatic rings. The predicted molar refractivity (Wildman–Crippen MR) is 100 cm³/mol. The summed E-state index contributed by atoms with van der Waals surface area (Å²) < 4.78 is 0. The summed E-state index contributed by atoms with van der Waals surface area (Å²) >= 11 is 1.71. The third-order valence-electron chi connectivity index (χ3n) is 3.36. The molecular weight excluding hydrogens is 304 g/mol. The highest BCUT2D eigenvalue weighted by atomic mass is 32.1. The van der Waals surface area contributed by atoms with Crippen molar-refractivity contribution >= 4 is 17.3 Å². The van der Waals surface area contributed by atoms with Gasteiger partial charge >= 0.3 is 0 Å². The van der Waals surface area contributed by atoms with Crippen LogP contribution < -0.4 is 10.6 Å². The SMILES string of the molecule is CCCN=C(NCC)NCCc1csc(-c2ccc(C)cc2)n1. The monoisotopic (exact) mass is 330 g/mol. The van der Waals surface area contributed by atoms with Gasteiger partial charge in [0.2, 0.25) is 0 Å². The molecule has 2 N–H and O–H groups in total. The van der Waals surface area contributed by atoms with Gasteiger partial charge < -0.3 is 10.6 Å². The zero-order chi connectivity index (χ0) is 16.5. The second kappa shape index (κ2) is 9.30. The number of hydrogen-bond acceptors (Lipinski definition) is 3. The standard InChI is InChI=1S/C18H26N4S/c1-4-11-20-18(19-5-2)21-12-10-16-13-23-17(22-16)15-8-6-14(3)7-9-15/h6-9,13H,4-5,10-12H2,1-3H3,(H2,19,20,21). The van der Waals surface area contributed by atoms with E-state index in [1.54, 1.807) is 11.3 Å². The van der Waals surface area contributed by atoms with E-state index in [2.05, 4.69) is 66.0 Å². The van der Waals surface area contributed by atoms with E-state index in [9.17, 15) is 0 Å². The van der Waals surface area contributed by atoms with Gasteiger partial charge in [0.1, 0.15) is 5.01 Å². The molecule has 0 aliphatic rings. The summed E-state index contributed by atoms with van der Waals surface area (Å²) in [7, 11) is 0. The third kappa shape index (κ3) is 5.67. The maximum Gasteiger partial charge on any atom is 0.191 e. The second-order valence-electron chi connectivity index (χ2n) is 5.45. The smallest absolute Gasteiger partial charge is 0.191 e. The maximum absolute atomic E-state index is 4.73. The molecule has 0 aliphatic heterocycles. The van der Waals surface area contributed by atoms with Crippen LogP contribution in [0, 0.1) is 6.92 Å². The molecule has 124 valence electrons. The maximum atomic E-state index is 4.73. The zero-order valence-electron chi connectivity index (χ0n) is 14.2. The Kier molecular flexibility index (Phi) is 7.07. The van der Waals surface area contributed by atoms with E-state index < -0.39 is 0 Å². The average molecular weight is 331 g/mol. The van der Waals surface area contributed by atoms with E-state index in [1.165, 1.54) is 11.1 Å². The van der Waals surface area contributed by atoms with E-state index in [1.807, 2.05) is 0 Å². The summed E-state index contributed by atoms with van der Waals surface area (Å²) in [4.78, 5) is 9.23. The molecule has 1 aromatic heterocycles. The molecule has 0 amide bonds. The van der Waals surface area contributed by atoms with Gasteiger partial charge in [0, 0.05) is 37.0 Å². The lowest BCUT2D eigenvalue weighted by Crippen LogP contribution is -2.38. The number of guanidine groups is 1. The van der Waals surface area contributed by atoms with Crippen molar-refractivity contribution in [2.75, 3.05) is 19.6 Å². The fraction of sp³-hybridized carbons (Fsp3) is 0.444. The number of rotatable bonds is 7. The van der Waals surface area contributed by atoms with Gasteiger partial charge in [-0.1, -0.05) is 36.8 Å². The number of thiazole rings is 1. The Balaban J connectivity index is 1.88. The van der Waals surface area contributed by atoms with Gasteiger partial charge in [-0.05, 0) is 20.3 Å². The van der Waals surface area contributed by atoms with Crippen molar-refractivity contribution in [1.82, 2.24) is 15.6 Å². The van der Waals surface area contributed by atoms with E-state index in [0.29, 0.717) is 0 Å². The van der Waals surface area contributed by atoms with Gasteiger partial charge in [-0.15, -0.1) is 11.3 Å². The summed E-state index contributed by atoms with van der Waals surface area (Å²) in [5.74, 6) is 0.892. The number of aromatic nitrogens is 1. The molecule has 1 heterocycles. The first-order valence-corrected chi connectivity index (χ1v) is 9.14. The van der Waals surface area contributed by atoms with E-state index in [-0.39, 0.29) is 0 Å². The molecule has 0 spiro atoms. The first-order chi connectivity index (χ1) is 11.2. The summed E-state index contributed by atoms with van der Waals surface area (Å²) in [5, 5.41) is 9.86. The van der Waals surface area contributed by atoms with E-state index in [0.717, 1.165) is 49.1 Å². The number of hydrogen-bond donors (Lipinski definition) is 2. The number of nitrogens with zero attached hydrogens (tertiary/aromatic N) is 2. The van der Waals surface area contributed by atoms with Crippen LogP contribution in [0.15, 0.2) is 34.6 Å². The molecule has 5 heteroatoms. The van der Waals surface area contributed by atoms with Crippen molar-refractivity contribution in [2.24, 2.45) is 4.99 Å². The number of nitrogens with one attached hydrogen (secondary N) is 2. The Morgan fingerprint density at radius 3 is 2.65 bits per heavy atom. The van der Waals surface area contributed by atoms with Crippen LogP contribution in [0.1, 0.15) is 31.5 Å². The lowest BCUT2D eigenvalue weighted by Gasteiger charge is -2.10. The minimum Gasteiger partial charge on any atom is -0.357 e. The topological polar surface area (TPSA) is 49.3 Å². The Labute approximate surface area is 143 Å². The quantitative estimate of drug-likeness (QED) is 0.602. The van der Waals surface area contributed by atoms with Crippen LogP contribution in [0.3, 0.4) is 0 Å². The molecule has 1 aromatic carbocycles. The third-order valence-corrected chi connectivity index (χ3v) is 4.30. The van der Waals surface area contributed by atoms with Gasteiger partial charge in [-0.2, -0.15) is 0 Å². The highest BCUT2D eigenvalue weighted by Crippen LogP contribution is 2.24. The Morgan fingerprint density at radius 2 is 1.96 bits per heavy atom. The highest BCUT2D eigenvalue weighted by molar-refractivity contribution is 7.13. The first-order valence-electron chi connectivity index (χ1n) is 8.26. The number of aliphatic imine (C=N–C) groups is 1. The van der Waals surface area contributed by atoms with Gasteiger partial charge in [0.25, 0.3) is 0 Å². The zero-order valence-corrected chi connectivity index (χ0v) is 15.0. The summed E-state index contributed by atoms with van der Waals surface area (Å²) in [6.07, 6.45) is 1.96. The van der Waals surface area contributed by atoms with Crippen molar-refractivity contribution < 1.29 is 0 Å². The Morgan fingerprint density at radius 1 is 1.17 bits per heavy atom. The van der Waals surface area contributed by atoms with Crippen LogP contribution in [0.4, 0.5) is 0 Å². The van der Waals surface area contributed by atoms with Crippen molar-refractivity contribution in [2.45, 2.75) is 33.6 Å². The Hall–Kier alpha value is -1.88. The van der Waals surface area contributed by atoms with Gasteiger partial charge in [-0.25, -0.2) is 4.98 Å². The Bertz CT molecular complexity index is 616. The van der Waals surface area contributed by atoms with Crippen molar-refractivity contribution in [1.29, 1.82) is 0 Å². The van der Waals surface area contributed by atoms with Crippen molar-refractivity contribution in [3.8, 4) is 10.6 Å². The summed E-state index contributed by atoms with van der Waals surface area (Å²) in [6.45, 7) is 8.89. The summed E-state index contributed by atoms with van der Waals surface area (Å²) in [5.41, 5.74) is 3.60. The predicted octanol–water partition coefficient (Wildman–Crippen LogP) is 3.63. The lowest BCUT2D eigenvalue weighted by molar-refractivity contribution is 0.786. The van der Waals surface area contributed by atoms with Crippen LogP contribution in [0.5, 0.6) is 0 Å². The molecule has 0 aliphatic carbocycles. The highest BCUT2D eigenvalue weighted by Gasteiger charge is 2.05. The van der Waals surface area contributed by atoms with Gasteiger partial charge in [0.05, 0.1) is 5.69 Å². The van der Waals surface area contributed by atoms with Crippen LogP contribution >= 0.6 is 11.3 Å². The van der Waals surface area contributed by atoms with Crippen LogP contribution in [0.2, 0.25) is 0 Å². The second-order valence-corrected chi connectivity index (χ2v) is 6.31. The van der Waals surface area contributed by atoms with Crippen LogP contribution in [0.25, 0.3) is 10.6 Å². The normalized spacial score (nSPS) is 11.5. The number of benzene rings is 1. The van der Waals surface area contributed by atoms with Crippen LogP contribution in [-0.4, -0.2) is 30.6 Å². The van der Waals surface area contributed by atoms with Crippen molar-refractivity contribution in [3.05, 3.63) is 40.9 Å². The molecule has 0 radical (unpaired) electrons. The molecule has 23 heavy (non-hydrogen) atoms. The fourth-order valence-corrected chi connectivity index (χ4v) is 2.99. The minimum absolute atomic E-state index is 0.840. The van der Waals surface area contributed by atoms with Gasteiger partial charge in [-0.3, -0.25) is 4.99 Å². The molecule has 4 nitrogen and oxygen atoms in total. The molecule has 0 saturated carbocycles. The molecule has 0 saturated heterocycles. The fourth-order valence-electron chi connectivity index (χ4n) is 2.12. The van der Waals surface area contributed by atoms with Crippen molar-refractivity contribution in [3.63, 3.8) is 0 Å². The van der Waals surface area contributed by atoms with Crippen LogP contribution in [-0.2, 0) is 6.42 Å². The lowest BCUT2D eigenvalue weighted by atomic mass is 10.2. The van der Waals surface area contributed by atoms with Gasteiger partial charge in [0.15, 0.2) is 5.96 Å². The molecule has 0 fully saturated rings. The largest absolute Gasteiger partial charge is 0.357 e. The molecule has 2 rings (SSSR count). The first kappa shape index (κ1) is 17.5. The average Bonchev–Trinajstić information content (AvgIpc) is 3.02. The number of aryl methyl sites for hydroxylation is 1. The van der Waals surface area contributed by atoms with E-state index in [4.69, 9.17) is 4.98 Å². The molecule has 0 bridgehead atoms. The molecule has 0 atom stereocenters. The molecule has 0 unspecified atom stereocenters. The minimum atomic E-state index is 0.840. The molecular formula is C18H26N4S.